The molecular formula is C18H15N5O3. The summed E-state index contributed by atoms with van der Waals surface area (Å²) < 4.78 is 7.38. The Kier molecular flexibility index (Phi) is 4.06. The predicted octanol–water partition coefficient (Wildman–Crippen LogP) is 2.24. The first-order chi connectivity index (χ1) is 12.7. The van der Waals surface area contributed by atoms with Gasteiger partial charge < -0.3 is 15.2 Å². The van der Waals surface area contributed by atoms with E-state index in [0.717, 1.165) is 11.1 Å². The summed E-state index contributed by atoms with van der Waals surface area (Å²) in [5, 5.41) is 23.4. The highest BCUT2D eigenvalue weighted by Gasteiger charge is 2.26. The number of rotatable bonds is 5. The summed E-state index contributed by atoms with van der Waals surface area (Å²) in [6.07, 6.45) is 1.57. The van der Waals surface area contributed by atoms with Gasteiger partial charge in [-0.15, -0.1) is 0 Å². The van der Waals surface area contributed by atoms with E-state index in [1.807, 2.05) is 54.6 Å². The van der Waals surface area contributed by atoms with Crippen LogP contribution in [-0.4, -0.2) is 31.3 Å². The molecular weight excluding hydrogens is 334 g/mol. The molecule has 1 aliphatic heterocycles. The number of tetrazole rings is 1. The van der Waals surface area contributed by atoms with Crippen LogP contribution in [-0.2, 0) is 11.4 Å². The van der Waals surface area contributed by atoms with E-state index in [4.69, 9.17) is 4.74 Å². The van der Waals surface area contributed by atoms with E-state index in [1.54, 1.807) is 6.08 Å². The molecule has 0 saturated carbocycles. The third-order valence-electron chi connectivity index (χ3n) is 4.01. The number of aliphatic carboxylic acids is 1. The van der Waals surface area contributed by atoms with Gasteiger partial charge in [0, 0.05) is 0 Å². The normalized spacial score (nSPS) is 15.5. The minimum atomic E-state index is -1.07. The summed E-state index contributed by atoms with van der Waals surface area (Å²) in [5.74, 6) is -0.101. The largest absolute Gasteiger partial charge is 0.489 e. The molecule has 1 aromatic heterocycles. The number of nitrogens with zero attached hydrogens (tertiary/aromatic N) is 4. The standard InChI is InChI=1S/C18H15N5O3/c24-17(25)15-10-16(23-18(19-15)20-21-22-23)13-7-4-8-14(9-13)26-11-12-5-2-1-3-6-12/h1-10,16H,11H2,(H,24,25)(H,19,20,22). The van der Waals surface area contributed by atoms with E-state index < -0.39 is 12.0 Å². The summed E-state index contributed by atoms with van der Waals surface area (Å²) in [7, 11) is 0. The Balaban J connectivity index is 1.61. The summed E-state index contributed by atoms with van der Waals surface area (Å²) in [4.78, 5) is 11.4. The maximum absolute atomic E-state index is 11.4. The number of allylic oxidation sites excluding steroid dienone is 1. The molecule has 0 radical (unpaired) electrons. The topological polar surface area (TPSA) is 102 Å². The molecule has 130 valence electrons. The molecule has 3 aromatic rings. The summed E-state index contributed by atoms with van der Waals surface area (Å²) in [5.41, 5.74) is 1.92. The van der Waals surface area contributed by atoms with E-state index in [0.29, 0.717) is 12.4 Å². The zero-order chi connectivity index (χ0) is 17.9. The highest BCUT2D eigenvalue weighted by molar-refractivity contribution is 5.90. The van der Waals surface area contributed by atoms with Crippen LogP contribution in [0.5, 0.6) is 5.75 Å². The van der Waals surface area contributed by atoms with E-state index in [2.05, 4.69) is 20.8 Å². The predicted molar refractivity (Wildman–Crippen MR) is 92.5 cm³/mol. The minimum Gasteiger partial charge on any atom is -0.489 e. The van der Waals surface area contributed by atoms with E-state index in [9.17, 15) is 9.90 Å². The second kappa shape index (κ2) is 6.67. The van der Waals surface area contributed by atoms with Crippen molar-refractivity contribution in [2.75, 3.05) is 5.32 Å². The van der Waals surface area contributed by atoms with E-state index >= 15 is 0 Å². The zero-order valence-corrected chi connectivity index (χ0v) is 13.6. The lowest BCUT2D eigenvalue weighted by Gasteiger charge is -2.21. The van der Waals surface area contributed by atoms with Crippen LogP contribution in [0.2, 0.25) is 0 Å². The number of aromatic nitrogens is 4. The van der Waals surface area contributed by atoms with Crippen molar-refractivity contribution in [1.29, 1.82) is 0 Å². The smallest absolute Gasteiger partial charge is 0.352 e. The number of ether oxygens (including phenoxy) is 1. The van der Waals surface area contributed by atoms with Crippen molar-refractivity contribution in [3.05, 3.63) is 77.5 Å². The minimum absolute atomic E-state index is 0.0351. The van der Waals surface area contributed by atoms with Crippen LogP contribution in [0.3, 0.4) is 0 Å². The second-order valence-electron chi connectivity index (χ2n) is 5.75. The van der Waals surface area contributed by atoms with Crippen molar-refractivity contribution in [2.24, 2.45) is 0 Å². The van der Waals surface area contributed by atoms with Crippen LogP contribution < -0.4 is 10.1 Å². The molecule has 1 unspecified atom stereocenters. The molecule has 2 aromatic carbocycles. The fraction of sp³-hybridized carbons (Fsp3) is 0.111. The number of hydrogen-bond acceptors (Lipinski definition) is 6. The van der Waals surface area contributed by atoms with Crippen LogP contribution in [0.1, 0.15) is 17.2 Å². The van der Waals surface area contributed by atoms with Crippen molar-refractivity contribution in [2.45, 2.75) is 12.6 Å². The SMILES string of the molecule is O=C(O)C1=CC(c2cccc(OCc3ccccc3)c2)n2nnnc2N1. The first-order valence-corrected chi connectivity index (χ1v) is 7.97. The molecule has 2 heterocycles. The maximum Gasteiger partial charge on any atom is 0.352 e. The molecule has 0 fully saturated rings. The van der Waals surface area contributed by atoms with Gasteiger partial charge in [0.2, 0.25) is 5.95 Å². The van der Waals surface area contributed by atoms with Gasteiger partial charge in [0.1, 0.15) is 24.1 Å². The Labute approximate surface area is 148 Å². The lowest BCUT2D eigenvalue weighted by atomic mass is 10.0. The van der Waals surface area contributed by atoms with E-state index in [1.165, 1.54) is 4.68 Å². The van der Waals surface area contributed by atoms with Gasteiger partial charge in [0.25, 0.3) is 0 Å². The van der Waals surface area contributed by atoms with Gasteiger partial charge in [0.05, 0.1) is 0 Å². The third kappa shape index (κ3) is 3.12. The lowest BCUT2D eigenvalue weighted by Crippen LogP contribution is -2.24. The number of anilines is 1. The molecule has 1 aliphatic rings. The van der Waals surface area contributed by atoms with Crippen LogP contribution in [0.25, 0.3) is 0 Å². The lowest BCUT2D eigenvalue weighted by molar-refractivity contribution is -0.132. The summed E-state index contributed by atoms with van der Waals surface area (Å²) >= 11 is 0. The summed E-state index contributed by atoms with van der Waals surface area (Å²) in [6, 6.07) is 16.9. The van der Waals surface area contributed by atoms with Crippen molar-refractivity contribution in [1.82, 2.24) is 20.2 Å². The fourth-order valence-electron chi connectivity index (χ4n) is 2.75. The summed E-state index contributed by atoms with van der Waals surface area (Å²) in [6.45, 7) is 0.447. The molecule has 8 nitrogen and oxygen atoms in total. The number of nitrogens with one attached hydrogen (secondary N) is 1. The Bertz CT molecular complexity index is 968. The molecule has 0 spiro atoms. The zero-order valence-electron chi connectivity index (χ0n) is 13.6. The average Bonchev–Trinajstić information content (AvgIpc) is 3.15. The number of benzene rings is 2. The third-order valence-corrected chi connectivity index (χ3v) is 4.01. The van der Waals surface area contributed by atoms with Crippen molar-refractivity contribution < 1.29 is 14.6 Å². The van der Waals surface area contributed by atoms with Crippen LogP contribution >= 0.6 is 0 Å². The molecule has 26 heavy (non-hydrogen) atoms. The van der Waals surface area contributed by atoms with Gasteiger partial charge in [-0.1, -0.05) is 47.6 Å². The molecule has 1 atom stereocenters. The Morgan fingerprint density at radius 2 is 2.04 bits per heavy atom. The van der Waals surface area contributed by atoms with Crippen molar-refractivity contribution >= 4 is 11.9 Å². The second-order valence-corrected chi connectivity index (χ2v) is 5.75. The van der Waals surface area contributed by atoms with Gasteiger partial charge in [-0.3, -0.25) is 0 Å². The average molecular weight is 349 g/mol. The number of carboxylic acid groups (broad SMARTS) is 1. The molecule has 0 amide bonds. The van der Waals surface area contributed by atoms with Gasteiger partial charge >= 0.3 is 5.97 Å². The monoisotopic (exact) mass is 349 g/mol. The highest BCUT2D eigenvalue weighted by Crippen LogP contribution is 2.29. The molecule has 8 heteroatoms. The van der Waals surface area contributed by atoms with Crippen LogP contribution in [0, 0.1) is 0 Å². The van der Waals surface area contributed by atoms with Gasteiger partial charge in [0.15, 0.2) is 0 Å². The molecule has 0 aliphatic carbocycles. The first-order valence-electron chi connectivity index (χ1n) is 7.97. The van der Waals surface area contributed by atoms with Gasteiger partial charge in [-0.05, 0) is 39.8 Å². The number of carboxylic acids is 1. The number of fused-ring (bicyclic) bond motifs is 1. The Morgan fingerprint density at radius 1 is 1.19 bits per heavy atom. The molecule has 4 rings (SSSR count). The quantitative estimate of drug-likeness (QED) is 0.728. The molecule has 0 saturated heterocycles. The van der Waals surface area contributed by atoms with E-state index in [-0.39, 0.29) is 11.6 Å². The van der Waals surface area contributed by atoms with Crippen molar-refractivity contribution in [3.63, 3.8) is 0 Å². The fourth-order valence-corrected chi connectivity index (χ4v) is 2.75. The van der Waals surface area contributed by atoms with Crippen molar-refractivity contribution in [3.8, 4) is 5.75 Å². The number of carbonyl (C=O) groups is 1. The number of hydrogen-bond donors (Lipinski definition) is 2. The Morgan fingerprint density at radius 3 is 2.85 bits per heavy atom. The highest BCUT2D eigenvalue weighted by atomic mass is 16.5. The first kappa shape index (κ1) is 15.8. The maximum atomic E-state index is 11.4. The molecule has 2 N–H and O–H groups in total. The van der Waals surface area contributed by atoms with Crippen LogP contribution in [0.15, 0.2) is 66.4 Å². The molecule has 0 bridgehead atoms. The van der Waals surface area contributed by atoms with Gasteiger partial charge in [-0.2, -0.15) is 4.68 Å². The van der Waals surface area contributed by atoms with Crippen LogP contribution in [0.4, 0.5) is 5.95 Å². The Hall–Kier alpha value is -3.68. The van der Waals surface area contributed by atoms with Gasteiger partial charge in [-0.25, -0.2) is 4.79 Å².